The minimum absolute atomic E-state index is 0. The number of halogens is 2. The molecule has 0 saturated heterocycles. The molecule has 0 saturated carbocycles. The maximum absolute atomic E-state index is 12.3. The van der Waals surface area contributed by atoms with Crippen molar-refractivity contribution < 1.29 is 132 Å². The maximum Gasteiger partial charge on any atom is 1.00 e. The average molecular weight is 847 g/mol. The molecule has 1 aliphatic rings. The molecule has 0 radical (unpaired) electrons. The van der Waals surface area contributed by atoms with E-state index in [4.69, 9.17) is 20.0 Å². The summed E-state index contributed by atoms with van der Waals surface area (Å²) in [7, 11) is -3.80. The largest absolute Gasteiger partial charge is 1.00 e. The number of nitrogens with one attached hydrogen (secondary N) is 1. The van der Waals surface area contributed by atoms with Gasteiger partial charge >= 0.3 is 103 Å². The van der Waals surface area contributed by atoms with Gasteiger partial charge in [-0.25, -0.2) is 19.9 Å². The van der Waals surface area contributed by atoms with Gasteiger partial charge in [0.05, 0.1) is 18.0 Å². The predicted octanol–water partition coefficient (Wildman–Crippen LogP) is -3.70. The Kier molecular flexibility index (Phi) is 19.6. The molecule has 0 spiro atoms. The molecule has 19 heteroatoms. The summed E-state index contributed by atoms with van der Waals surface area (Å²) in [4.78, 5) is 29.3. The fraction of sp³-hybridized carbons (Fsp3) is 0.321. The molecular formula is C28H32Br2K2N8O6S. The quantitative estimate of drug-likeness (QED) is 0.0512. The Morgan fingerprint density at radius 2 is 1.66 bits per heavy atom. The van der Waals surface area contributed by atoms with Gasteiger partial charge in [-0.3, -0.25) is 8.98 Å². The first-order valence-corrected chi connectivity index (χ1v) is 16.8. The molecule has 3 N–H and O–H groups in total. The molecule has 0 atom stereocenters. The average Bonchev–Trinajstić information content (AvgIpc) is 3.43. The minimum atomic E-state index is -3.80. The van der Waals surface area contributed by atoms with Crippen LogP contribution in [-0.2, 0) is 49.9 Å². The summed E-state index contributed by atoms with van der Waals surface area (Å²) in [6.07, 6.45) is 5.05. The van der Waals surface area contributed by atoms with Gasteiger partial charge < -0.3 is 31.8 Å². The zero-order chi connectivity index (χ0) is 32.4. The molecule has 5 heterocycles. The topological polar surface area (TPSA) is 192 Å². The molecule has 0 unspecified atom stereocenters. The van der Waals surface area contributed by atoms with Crippen molar-refractivity contribution in [2.45, 2.75) is 37.8 Å². The minimum Gasteiger partial charge on any atom is -1.00 e. The van der Waals surface area contributed by atoms with Crippen LogP contribution in [0.25, 0.3) is 22.3 Å². The van der Waals surface area contributed by atoms with Crippen molar-refractivity contribution in [3.8, 4) is 0 Å². The van der Waals surface area contributed by atoms with Crippen LogP contribution < -0.4 is 119 Å². The third-order valence-corrected chi connectivity index (χ3v) is 8.76. The van der Waals surface area contributed by atoms with Gasteiger partial charge in [0.1, 0.15) is 22.7 Å². The molecule has 1 aliphatic heterocycles. The van der Waals surface area contributed by atoms with Crippen LogP contribution in [0.15, 0.2) is 62.6 Å². The number of rotatable bonds is 8. The van der Waals surface area contributed by atoms with E-state index in [2.05, 4.69) is 66.6 Å². The standard InChI is InChI=1S/C17H19BrN4O3S.C10H11BrN4.CH2O3.2K.H/c1-12-2-4-14(5-3-12)26(23,24)25-9-8-22-16(6-7-19)21-15-10-13(18)11-20-17(15)22;11-7-5-8-10(13-6-7)15-4-3-12-2-1-9(15)14-8;2-1-4-3;;;/h2-5,10-11H,6-9,19H2,1H3;5-6,12H,1-4H2;1,3H;;;/q;;;2*+1;-1/p-1. The summed E-state index contributed by atoms with van der Waals surface area (Å²) >= 11 is 6.79. The first-order chi connectivity index (χ1) is 21.7. The van der Waals surface area contributed by atoms with Crippen LogP contribution in [0.3, 0.4) is 0 Å². The summed E-state index contributed by atoms with van der Waals surface area (Å²) in [5, 5.41) is 11.8. The zero-order valence-electron chi connectivity index (χ0n) is 27.2. The molecule has 47 heavy (non-hydrogen) atoms. The third kappa shape index (κ3) is 12.3. The fourth-order valence-electron chi connectivity index (χ4n) is 4.57. The van der Waals surface area contributed by atoms with E-state index < -0.39 is 10.1 Å². The second-order valence-corrected chi connectivity index (χ2v) is 13.1. The first-order valence-electron chi connectivity index (χ1n) is 13.8. The van der Waals surface area contributed by atoms with Crippen LogP contribution in [0.5, 0.6) is 0 Å². The number of carbonyl (C=O) groups excluding carboxylic acids is 1. The van der Waals surface area contributed by atoms with Gasteiger partial charge in [0.15, 0.2) is 11.3 Å². The number of nitrogens with zero attached hydrogens (tertiary/aromatic N) is 6. The Morgan fingerprint density at radius 3 is 2.28 bits per heavy atom. The molecule has 6 rings (SSSR count). The molecule has 4 aromatic heterocycles. The van der Waals surface area contributed by atoms with E-state index in [-0.39, 0.29) is 122 Å². The molecule has 14 nitrogen and oxygen atoms in total. The summed E-state index contributed by atoms with van der Waals surface area (Å²) < 4.78 is 35.7. The Bertz CT molecular complexity index is 1870. The van der Waals surface area contributed by atoms with Crippen molar-refractivity contribution in [2.24, 2.45) is 5.73 Å². The Balaban J connectivity index is 0.000000445. The number of benzene rings is 1. The van der Waals surface area contributed by atoms with E-state index in [9.17, 15) is 8.42 Å². The van der Waals surface area contributed by atoms with E-state index in [1.165, 1.54) is 12.1 Å². The number of aromatic nitrogens is 6. The summed E-state index contributed by atoms with van der Waals surface area (Å²) in [5.74, 6) is 1.89. The number of imidazole rings is 2. The summed E-state index contributed by atoms with van der Waals surface area (Å²) in [6.45, 7) is 5.41. The summed E-state index contributed by atoms with van der Waals surface area (Å²) in [6, 6.07) is 10.4. The van der Waals surface area contributed by atoms with Crippen molar-refractivity contribution in [3.63, 3.8) is 0 Å². The number of nitrogens with two attached hydrogens (primary N) is 1. The van der Waals surface area contributed by atoms with E-state index in [0.29, 0.717) is 25.2 Å². The van der Waals surface area contributed by atoms with Gasteiger partial charge in [0.25, 0.3) is 16.6 Å². The SMILES string of the molecule is Brc1cnc2c(c1)nc1n2CCNCC1.Cc1ccc(S(=O)(=O)OCCn2c(CCN)nc3cc(Br)cnc32)cc1.O=CO[O-].[H-].[K+].[K+]. The van der Waals surface area contributed by atoms with Crippen molar-refractivity contribution >= 4 is 70.8 Å². The number of pyridine rings is 2. The Hall–Kier alpha value is -0.0473. The van der Waals surface area contributed by atoms with Gasteiger partial charge in [-0.15, -0.1) is 0 Å². The molecule has 0 bridgehead atoms. The van der Waals surface area contributed by atoms with E-state index in [0.717, 1.165) is 68.9 Å². The number of aryl methyl sites for hydroxylation is 1. The van der Waals surface area contributed by atoms with Crippen LogP contribution in [0.4, 0.5) is 0 Å². The molecule has 242 valence electrons. The summed E-state index contributed by atoms with van der Waals surface area (Å²) in [5.41, 5.74) is 10.0. The number of hydrogen-bond donors (Lipinski definition) is 2. The molecule has 0 fully saturated rings. The van der Waals surface area contributed by atoms with Gasteiger partial charge in [0.2, 0.25) is 0 Å². The zero-order valence-corrected chi connectivity index (χ0v) is 36.5. The van der Waals surface area contributed by atoms with Gasteiger partial charge in [-0.1, -0.05) is 17.7 Å². The van der Waals surface area contributed by atoms with E-state index >= 15 is 0 Å². The van der Waals surface area contributed by atoms with Crippen LogP contribution in [0.1, 0.15) is 18.6 Å². The maximum atomic E-state index is 12.3. The van der Waals surface area contributed by atoms with E-state index in [1.54, 1.807) is 18.3 Å². The number of carbonyl (C=O) groups is 1. The number of fused-ring (bicyclic) bond motifs is 4. The van der Waals surface area contributed by atoms with Crippen molar-refractivity contribution in [1.29, 1.82) is 0 Å². The molecular weight excluding hydrogens is 814 g/mol. The van der Waals surface area contributed by atoms with Crippen LogP contribution in [-0.4, -0.2) is 70.2 Å². The van der Waals surface area contributed by atoms with Gasteiger partial charge in [-0.05, 0) is 69.6 Å². The number of hydrogen-bond acceptors (Lipinski definition) is 12. The predicted molar refractivity (Wildman–Crippen MR) is 172 cm³/mol. The first kappa shape index (κ1) is 43.1. The molecule has 0 amide bonds. The second-order valence-electron chi connectivity index (χ2n) is 9.67. The Morgan fingerprint density at radius 1 is 1.04 bits per heavy atom. The van der Waals surface area contributed by atoms with Gasteiger partial charge in [-0.2, -0.15) is 8.42 Å². The van der Waals surface area contributed by atoms with Crippen molar-refractivity contribution in [3.05, 3.63) is 74.9 Å². The van der Waals surface area contributed by atoms with Crippen LogP contribution in [0.2, 0.25) is 0 Å². The second kappa shape index (κ2) is 21.3. The van der Waals surface area contributed by atoms with Crippen LogP contribution >= 0.6 is 31.9 Å². The Labute approximate surface area is 375 Å². The monoisotopic (exact) mass is 844 g/mol. The van der Waals surface area contributed by atoms with Crippen LogP contribution in [0, 0.1) is 6.92 Å². The third-order valence-electron chi connectivity index (χ3n) is 6.57. The van der Waals surface area contributed by atoms with Crippen molar-refractivity contribution in [1.82, 2.24) is 34.4 Å². The molecule has 0 aliphatic carbocycles. The van der Waals surface area contributed by atoms with Crippen molar-refractivity contribution in [2.75, 3.05) is 26.2 Å². The normalized spacial score (nSPS) is 12.3. The molecule has 5 aromatic rings. The van der Waals surface area contributed by atoms with E-state index in [1.807, 2.05) is 29.8 Å². The smallest absolute Gasteiger partial charge is 1.00 e. The fourth-order valence-corrected chi connectivity index (χ4v) is 6.11. The van der Waals surface area contributed by atoms with Gasteiger partial charge in [0, 0.05) is 53.8 Å². The molecule has 1 aromatic carbocycles.